The molecule has 2 heterocycles. The summed E-state index contributed by atoms with van der Waals surface area (Å²) in [6, 6.07) is 15.5. The molecular formula is C26H29N5O3. The molecule has 3 aromatic rings. The van der Waals surface area contributed by atoms with Crippen LogP contribution >= 0.6 is 0 Å². The zero-order valence-electron chi connectivity index (χ0n) is 19.5. The molecule has 5 rings (SSSR count). The molecule has 176 valence electrons. The van der Waals surface area contributed by atoms with E-state index in [4.69, 9.17) is 10.5 Å². The monoisotopic (exact) mass is 459 g/mol. The summed E-state index contributed by atoms with van der Waals surface area (Å²) in [6.07, 6.45) is 4.72. The van der Waals surface area contributed by atoms with Crippen molar-refractivity contribution >= 4 is 17.5 Å². The molecule has 1 atom stereocenters. The van der Waals surface area contributed by atoms with Gasteiger partial charge in [-0.25, -0.2) is 4.68 Å². The van der Waals surface area contributed by atoms with E-state index in [0.717, 1.165) is 48.4 Å². The van der Waals surface area contributed by atoms with Crippen LogP contribution in [0.3, 0.4) is 0 Å². The third-order valence-electron chi connectivity index (χ3n) is 7.58. The number of amides is 2. The summed E-state index contributed by atoms with van der Waals surface area (Å²) in [4.78, 5) is 27.4. The Morgan fingerprint density at radius 3 is 2.32 bits per heavy atom. The average molecular weight is 460 g/mol. The van der Waals surface area contributed by atoms with Gasteiger partial charge < -0.3 is 15.4 Å². The van der Waals surface area contributed by atoms with E-state index in [1.807, 2.05) is 43.3 Å². The number of nitrogens with zero attached hydrogens (tertiary/aromatic N) is 4. The smallest absolute Gasteiger partial charge is 0.278 e. The molecule has 0 radical (unpaired) electrons. The quantitative estimate of drug-likeness (QED) is 0.608. The van der Waals surface area contributed by atoms with Crippen LogP contribution in [0.25, 0.3) is 5.69 Å². The lowest BCUT2D eigenvalue weighted by atomic mass is 9.69. The Labute approximate surface area is 198 Å². The molecular weight excluding hydrogens is 430 g/mol. The number of nitrogens with two attached hydrogens (primary N) is 1. The number of fused-ring (bicyclic) bond motifs is 1. The highest BCUT2D eigenvalue weighted by molar-refractivity contribution is 6.07. The summed E-state index contributed by atoms with van der Waals surface area (Å²) in [7, 11) is 1.61. The van der Waals surface area contributed by atoms with Gasteiger partial charge >= 0.3 is 0 Å². The second-order valence-electron chi connectivity index (χ2n) is 9.24. The number of carbonyl (C=O) groups is 2. The van der Waals surface area contributed by atoms with Crippen LogP contribution in [0.2, 0.25) is 0 Å². The lowest BCUT2D eigenvalue weighted by Crippen LogP contribution is -2.40. The first-order valence-electron chi connectivity index (χ1n) is 11.8. The number of primary amides is 1. The Kier molecular flexibility index (Phi) is 5.59. The molecule has 1 fully saturated rings. The molecule has 1 saturated carbocycles. The lowest BCUT2D eigenvalue weighted by Gasteiger charge is -2.35. The molecule has 2 N–H and O–H groups in total. The van der Waals surface area contributed by atoms with Gasteiger partial charge in [-0.05, 0) is 54.8 Å². The number of carbonyl (C=O) groups excluding carboxylic acids is 2. The molecule has 34 heavy (non-hydrogen) atoms. The molecule has 1 aliphatic carbocycles. The van der Waals surface area contributed by atoms with Crippen molar-refractivity contribution in [2.45, 2.75) is 44.4 Å². The van der Waals surface area contributed by atoms with Crippen LogP contribution in [-0.4, -0.2) is 40.5 Å². The van der Waals surface area contributed by atoms with E-state index in [0.29, 0.717) is 24.4 Å². The van der Waals surface area contributed by atoms with Crippen LogP contribution in [0.15, 0.2) is 48.5 Å². The second kappa shape index (κ2) is 8.59. The molecule has 2 aliphatic rings. The SMILES string of the molecule is COc1ccc(-n2nnc3c2C(=O)N(c2ccc(C4(C(C)C(N)=O)CCCC4)cc2)CC3)cc1. The van der Waals surface area contributed by atoms with Crippen LogP contribution in [0, 0.1) is 5.92 Å². The Morgan fingerprint density at radius 1 is 1.06 bits per heavy atom. The van der Waals surface area contributed by atoms with Crippen LogP contribution in [-0.2, 0) is 16.6 Å². The summed E-state index contributed by atoms with van der Waals surface area (Å²) in [5.41, 5.74) is 9.36. The Bertz CT molecular complexity index is 1210. The number of hydrogen-bond acceptors (Lipinski definition) is 5. The first kappa shape index (κ1) is 22.1. The number of rotatable bonds is 6. The van der Waals surface area contributed by atoms with E-state index >= 15 is 0 Å². The van der Waals surface area contributed by atoms with Gasteiger partial charge in [0, 0.05) is 30.0 Å². The summed E-state index contributed by atoms with van der Waals surface area (Å²) in [6.45, 7) is 2.47. The minimum absolute atomic E-state index is 0.129. The fourth-order valence-corrected chi connectivity index (χ4v) is 5.52. The Balaban J connectivity index is 1.44. The first-order chi connectivity index (χ1) is 16.4. The third kappa shape index (κ3) is 3.54. The molecule has 1 aliphatic heterocycles. The minimum atomic E-state index is -0.260. The second-order valence-corrected chi connectivity index (χ2v) is 9.24. The van der Waals surface area contributed by atoms with Crippen molar-refractivity contribution in [1.82, 2.24) is 15.0 Å². The average Bonchev–Trinajstić information content (AvgIpc) is 3.53. The first-order valence-corrected chi connectivity index (χ1v) is 11.8. The van der Waals surface area contributed by atoms with E-state index in [9.17, 15) is 9.59 Å². The van der Waals surface area contributed by atoms with Gasteiger partial charge in [0.2, 0.25) is 5.91 Å². The van der Waals surface area contributed by atoms with E-state index in [2.05, 4.69) is 22.4 Å². The summed E-state index contributed by atoms with van der Waals surface area (Å²) < 4.78 is 6.83. The van der Waals surface area contributed by atoms with Gasteiger partial charge in [-0.1, -0.05) is 37.1 Å². The zero-order valence-corrected chi connectivity index (χ0v) is 19.5. The van der Waals surface area contributed by atoms with Gasteiger partial charge in [0.15, 0.2) is 5.69 Å². The Morgan fingerprint density at radius 2 is 1.71 bits per heavy atom. The van der Waals surface area contributed by atoms with E-state index in [1.54, 1.807) is 16.7 Å². The maximum atomic E-state index is 13.5. The molecule has 2 amide bonds. The maximum absolute atomic E-state index is 13.5. The van der Waals surface area contributed by atoms with Crippen molar-refractivity contribution in [2.24, 2.45) is 11.7 Å². The van der Waals surface area contributed by atoms with Gasteiger partial charge in [-0.15, -0.1) is 5.10 Å². The molecule has 8 heteroatoms. The molecule has 2 aromatic carbocycles. The number of methoxy groups -OCH3 is 1. The number of aromatic nitrogens is 3. The third-order valence-corrected chi connectivity index (χ3v) is 7.58. The molecule has 0 bridgehead atoms. The Hall–Kier alpha value is -3.68. The molecule has 1 aromatic heterocycles. The summed E-state index contributed by atoms with van der Waals surface area (Å²) >= 11 is 0. The highest BCUT2D eigenvalue weighted by atomic mass is 16.5. The largest absolute Gasteiger partial charge is 0.497 e. The number of hydrogen-bond donors (Lipinski definition) is 1. The number of benzene rings is 2. The predicted molar refractivity (Wildman–Crippen MR) is 128 cm³/mol. The summed E-state index contributed by atoms with van der Waals surface area (Å²) in [5.74, 6) is 0.112. The van der Waals surface area contributed by atoms with E-state index in [1.165, 1.54) is 0 Å². The van der Waals surface area contributed by atoms with Crippen molar-refractivity contribution in [1.29, 1.82) is 0 Å². The van der Waals surface area contributed by atoms with Gasteiger partial charge in [0.1, 0.15) is 5.75 Å². The van der Waals surface area contributed by atoms with Gasteiger partial charge in [-0.3, -0.25) is 9.59 Å². The highest BCUT2D eigenvalue weighted by Gasteiger charge is 2.43. The van der Waals surface area contributed by atoms with Gasteiger partial charge in [0.25, 0.3) is 5.91 Å². The van der Waals surface area contributed by atoms with Crippen molar-refractivity contribution < 1.29 is 14.3 Å². The molecule has 1 unspecified atom stereocenters. The van der Waals surface area contributed by atoms with Crippen LogP contribution in [0.4, 0.5) is 5.69 Å². The topological polar surface area (TPSA) is 103 Å². The molecule has 0 spiro atoms. The molecule has 8 nitrogen and oxygen atoms in total. The standard InChI is InChI=1S/C26H29N5O3/c1-17(24(27)32)26(14-3-4-15-26)18-5-7-19(8-6-18)30-16-13-22-23(25(30)33)31(29-28-22)20-9-11-21(34-2)12-10-20/h5-12,17H,3-4,13-16H2,1-2H3,(H2,27,32). The molecule has 0 saturated heterocycles. The van der Waals surface area contributed by atoms with Crippen molar-refractivity contribution in [2.75, 3.05) is 18.6 Å². The number of anilines is 1. The van der Waals surface area contributed by atoms with Crippen LogP contribution < -0.4 is 15.4 Å². The lowest BCUT2D eigenvalue weighted by molar-refractivity contribution is -0.123. The fraction of sp³-hybridized carbons (Fsp3) is 0.385. The van der Waals surface area contributed by atoms with E-state index < -0.39 is 0 Å². The van der Waals surface area contributed by atoms with Crippen molar-refractivity contribution in [3.05, 3.63) is 65.5 Å². The minimum Gasteiger partial charge on any atom is -0.497 e. The summed E-state index contributed by atoms with van der Waals surface area (Å²) in [5, 5.41) is 8.50. The van der Waals surface area contributed by atoms with Crippen molar-refractivity contribution in [3.8, 4) is 11.4 Å². The van der Waals surface area contributed by atoms with E-state index in [-0.39, 0.29) is 23.1 Å². The van der Waals surface area contributed by atoms with Gasteiger partial charge in [0.05, 0.1) is 18.5 Å². The predicted octanol–water partition coefficient (Wildman–Crippen LogP) is 3.41. The van der Waals surface area contributed by atoms with Crippen molar-refractivity contribution in [3.63, 3.8) is 0 Å². The highest BCUT2D eigenvalue weighted by Crippen LogP contribution is 2.47. The maximum Gasteiger partial charge on any atom is 0.278 e. The fourth-order valence-electron chi connectivity index (χ4n) is 5.52. The van der Waals surface area contributed by atoms with Gasteiger partial charge in [-0.2, -0.15) is 0 Å². The number of ether oxygens (including phenoxy) is 1. The normalized spacial score (nSPS) is 17.9. The van der Waals surface area contributed by atoms with Crippen LogP contribution in [0.1, 0.15) is 54.4 Å². The zero-order chi connectivity index (χ0) is 23.9. The van der Waals surface area contributed by atoms with Crippen LogP contribution in [0.5, 0.6) is 5.75 Å².